The lowest BCUT2D eigenvalue weighted by Crippen LogP contribution is -2.42. The number of amides is 1. The first-order chi connectivity index (χ1) is 15.0. The Morgan fingerprint density at radius 1 is 1.26 bits per heavy atom. The topological polar surface area (TPSA) is 58.6 Å². The molecule has 1 aliphatic heterocycles. The molecular formula is C23H27FN4O2S. The summed E-state index contributed by atoms with van der Waals surface area (Å²) in [6.07, 6.45) is 3.20. The number of nitrogens with zero attached hydrogens (tertiary/aromatic N) is 4. The number of fused-ring (bicyclic) bond motifs is 1. The highest BCUT2D eigenvalue weighted by atomic mass is 32.1. The van der Waals surface area contributed by atoms with Crippen molar-refractivity contribution >= 4 is 33.3 Å². The molecular weight excluding hydrogens is 415 g/mol. The summed E-state index contributed by atoms with van der Waals surface area (Å²) in [4.78, 5) is 28.1. The van der Waals surface area contributed by atoms with Gasteiger partial charge in [0.15, 0.2) is 11.6 Å². The third-order valence-corrected chi connectivity index (χ3v) is 7.10. The number of thiophene rings is 1. The van der Waals surface area contributed by atoms with Crippen LogP contribution in [0.1, 0.15) is 23.3 Å². The van der Waals surface area contributed by atoms with Gasteiger partial charge in [-0.1, -0.05) is 12.1 Å². The first-order valence-electron chi connectivity index (χ1n) is 10.5. The molecule has 0 aliphatic carbocycles. The fourth-order valence-corrected chi connectivity index (χ4v) is 5.01. The number of aryl methyl sites for hydroxylation is 2. The minimum atomic E-state index is -0.390. The van der Waals surface area contributed by atoms with Gasteiger partial charge < -0.3 is 14.5 Å². The Balaban J connectivity index is 1.32. The molecule has 6 nitrogen and oxygen atoms in total. The third-order valence-electron chi connectivity index (χ3n) is 5.99. The average molecular weight is 443 g/mol. The molecule has 3 heterocycles. The molecule has 0 atom stereocenters. The van der Waals surface area contributed by atoms with Crippen molar-refractivity contribution in [2.24, 2.45) is 5.92 Å². The first-order valence-corrected chi connectivity index (χ1v) is 11.3. The molecule has 0 unspecified atom stereocenters. The van der Waals surface area contributed by atoms with Crippen LogP contribution in [0.4, 0.5) is 10.2 Å². The molecule has 2 aromatic heterocycles. The Morgan fingerprint density at radius 2 is 2.00 bits per heavy atom. The molecule has 1 saturated heterocycles. The van der Waals surface area contributed by atoms with E-state index in [1.54, 1.807) is 47.8 Å². The normalized spacial score (nSPS) is 14.8. The Bertz CT molecular complexity index is 1080. The summed E-state index contributed by atoms with van der Waals surface area (Å²) < 4.78 is 19.1. The monoisotopic (exact) mass is 442 g/mol. The zero-order valence-electron chi connectivity index (χ0n) is 18.1. The van der Waals surface area contributed by atoms with Gasteiger partial charge in [0.25, 0.3) is 0 Å². The van der Waals surface area contributed by atoms with E-state index in [0.717, 1.165) is 42.0 Å². The average Bonchev–Trinajstić information content (AvgIpc) is 3.08. The number of hydrogen-bond donors (Lipinski definition) is 0. The van der Waals surface area contributed by atoms with Gasteiger partial charge in [-0.25, -0.2) is 14.4 Å². The maximum atomic E-state index is 13.6. The predicted octanol–water partition coefficient (Wildman–Crippen LogP) is 4.20. The number of hydrogen-bond acceptors (Lipinski definition) is 6. The zero-order chi connectivity index (χ0) is 22.0. The smallest absolute Gasteiger partial charge is 0.225 e. The van der Waals surface area contributed by atoms with Gasteiger partial charge in [-0.05, 0) is 44.4 Å². The van der Waals surface area contributed by atoms with Crippen LogP contribution in [-0.4, -0.2) is 54.1 Å². The van der Waals surface area contributed by atoms with Gasteiger partial charge >= 0.3 is 0 Å². The van der Waals surface area contributed by atoms with Gasteiger partial charge in [0.2, 0.25) is 5.91 Å². The fourth-order valence-electron chi connectivity index (χ4n) is 4.02. The summed E-state index contributed by atoms with van der Waals surface area (Å²) in [5.74, 6) is 0.902. The van der Waals surface area contributed by atoms with Gasteiger partial charge in [0, 0.05) is 30.9 Å². The van der Waals surface area contributed by atoms with Crippen LogP contribution in [-0.2, 0) is 4.79 Å². The van der Waals surface area contributed by atoms with Gasteiger partial charge in [-0.15, -0.1) is 11.3 Å². The Hall–Kier alpha value is -2.74. The number of rotatable bonds is 6. The standard InChI is InChI=1S/C23H27FN4O2S/c1-15-16(2)31-22-20(15)21(25-14-26-22)28-10-8-17(9-11-28)23(29)27(3)12-13-30-19-7-5-4-6-18(19)24/h4-7,14,17H,8-13H2,1-3H3. The van der Waals surface area contributed by atoms with E-state index in [-0.39, 0.29) is 24.2 Å². The van der Waals surface area contributed by atoms with Crippen LogP contribution in [0.3, 0.4) is 0 Å². The number of carbonyl (C=O) groups is 1. The van der Waals surface area contributed by atoms with Crippen LogP contribution in [0.2, 0.25) is 0 Å². The maximum Gasteiger partial charge on any atom is 0.225 e. The molecule has 8 heteroatoms. The minimum Gasteiger partial charge on any atom is -0.489 e. The largest absolute Gasteiger partial charge is 0.489 e. The summed E-state index contributed by atoms with van der Waals surface area (Å²) in [7, 11) is 1.78. The van der Waals surface area contributed by atoms with Crippen molar-refractivity contribution in [3.05, 3.63) is 46.9 Å². The molecule has 4 rings (SSSR count). The van der Waals surface area contributed by atoms with Gasteiger partial charge in [-0.2, -0.15) is 0 Å². The molecule has 3 aromatic rings. The van der Waals surface area contributed by atoms with Gasteiger partial charge in [-0.3, -0.25) is 4.79 Å². The number of anilines is 1. The molecule has 0 bridgehead atoms. The number of carbonyl (C=O) groups excluding carboxylic acids is 1. The van der Waals surface area contributed by atoms with Crippen LogP contribution in [0.15, 0.2) is 30.6 Å². The Morgan fingerprint density at radius 3 is 2.74 bits per heavy atom. The number of likely N-dealkylation sites (N-methyl/N-ethyl adjacent to an activating group) is 1. The van der Waals surface area contributed by atoms with Crippen molar-refractivity contribution in [3.8, 4) is 5.75 Å². The Kier molecular flexibility index (Phi) is 6.36. The summed E-state index contributed by atoms with van der Waals surface area (Å²) >= 11 is 1.70. The summed E-state index contributed by atoms with van der Waals surface area (Å²) in [5, 5.41) is 1.14. The minimum absolute atomic E-state index is 0.0163. The van der Waals surface area contributed by atoms with E-state index in [4.69, 9.17) is 4.74 Å². The second-order valence-electron chi connectivity index (χ2n) is 7.96. The summed E-state index contributed by atoms with van der Waals surface area (Å²) in [6, 6.07) is 6.30. The number of halogens is 1. The number of ether oxygens (including phenoxy) is 1. The molecule has 1 aromatic carbocycles. The van der Waals surface area contributed by atoms with Crippen LogP contribution in [0, 0.1) is 25.6 Å². The van der Waals surface area contributed by atoms with Crippen molar-refractivity contribution in [1.29, 1.82) is 0 Å². The molecule has 0 radical (unpaired) electrons. The summed E-state index contributed by atoms with van der Waals surface area (Å²) in [5.41, 5.74) is 1.24. The van der Waals surface area contributed by atoms with Crippen molar-refractivity contribution in [1.82, 2.24) is 14.9 Å². The fraction of sp³-hybridized carbons (Fsp3) is 0.435. The maximum absolute atomic E-state index is 13.6. The van der Waals surface area contributed by atoms with Gasteiger partial charge in [0.05, 0.1) is 11.9 Å². The lowest BCUT2D eigenvalue weighted by atomic mass is 9.95. The van der Waals surface area contributed by atoms with Crippen molar-refractivity contribution < 1.29 is 13.9 Å². The van der Waals surface area contributed by atoms with E-state index in [9.17, 15) is 9.18 Å². The molecule has 0 N–H and O–H groups in total. The van der Waals surface area contributed by atoms with E-state index < -0.39 is 5.82 Å². The van der Waals surface area contributed by atoms with E-state index in [1.807, 2.05) is 0 Å². The second kappa shape index (κ2) is 9.18. The predicted molar refractivity (Wildman–Crippen MR) is 121 cm³/mol. The quantitative estimate of drug-likeness (QED) is 0.573. The third kappa shape index (κ3) is 4.49. The highest BCUT2D eigenvalue weighted by molar-refractivity contribution is 7.18. The van der Waals surface area contributed by atoms with Gasteiger partial charge in [0.1, 0.15) is 23.6 Å². The molecule has 0 spiro atoms. The highest BCUT2D eigenvalue weighted by Gasteiger charge is 2.29. The van der Waals surface area contributed by atoms with E-state index in [0.29, 0.717) is 6.54 Å². The SMILES string of the molecule is Cc1sc2ncnc(N3CCC(C(=O)N(C)CCOc4ccccc4F)CC3)c2c1C. The Labute approximate surface area is 185 Å². The number of aromatic nitrogens is 2. The first kappa shape index (κ1) is 21.5. The molecule has 164 valence electrons. The van der Waals surface area contributed by atoms with Crippen LogP contribution in [0.5, 0.6) is 5.75 Å². The highest BCUT2D eigenvalue weighted by Crippen LogP contribution is 2.35. The molecule has 1 amide bonds. The lowest BCUT2D eigenvalue weighted by molar-refractivity contribution is -0.135. The van der Waals surface area contributed by atoms with Crippen molar-refractivity contribution in [2.75, 3.05) is 38.2 Å². The zero-order valence-corrected chi connectivity index (χ0v) is 18.9. The van der Waals surface area contributed by atoms with Crippen LogP contribution in [0.25, 0.3) is 10.2 Å². The molecule has 31 heavy (non-hydrogen) atoms. The number of para-hydroxylation sites is 1. The summed E-state index contributed by atoms with van der Waals surface area (Å²) in [6.45, 7) is 6.50. The van der Waals surface area contributed by atoms with Crippen LogP contribution >= 0.6 is 11.3 Å². The lowest BCUT2D eigenvalue weighted by Gasteiger charge is -2.34. The number of piperidine rings is 1. The molecule has 1 fully saturated rings. The van der Waals surface area contributed by atoms with E-state index in [1.165, 1.54) is 16.5 Å². The molecule has 1 aliphatic rings. The van der Waals surface area contributed by atoms with Crippen LogP contribution < -0.4 is 9.64 Å². The second-order valence-corrected chi connectivity index (χ2v) is 9.16. The van der Waals surface area contributed by atoms with E-state index in [2.05, 4.69) is 28.7 Å². The molecule has 0 saturated carbocycles. The van der Waals surface area contributed by atoms with Crippen molar-refractivity contribution in [3.63, 3.8) is 0 Å². The number of benzene rings is 1. The van der Waals surface area contributed by atoms with Crippen molar-refractivity contribution in [2.45, 2.75) is 26.7 Å². The van der Waals surface area contributed by atoms with E-state index >= 15 is 0 Å².